The molecule has 0 spiro atoms. The van der Waals surface area contributed by atoms with Gasteiger partial charge >= 0.3 is 0 Å². The number of benzene rings is 1. The molecule has 0 saturated heterocycles. The number of aliphatic hydroxyl groups is 1. The summed E-state index contributed by atoms with van der Waals surface area (Å²) in [6, 6.07) is 6.91. The fraction of sp³-hybridized carbons (Fsp3) is 0.400. The molecule has 5 heteroatoms. The van der Waals surface area contributed by atoms with E-state index in [0.717, 1.165) is 5.56 Å². The van der Waals surface area contributed by atoms with Crippen molar-refractivity contribution in [2.45, 2.75) is 18.6 Å². The predicted octanol–water partition coefficient (Wildman–Crippen LogP) is 1.31. The second-order valence-electron chi connectivity index (χ2n) is 3.37. The Hall–Kier alpha value is -0.910. The molecule has 4 nitrogen and oxygen atoms in total. The van der Waals surface area contributed by atoms with Gasteiger partial charge in [0.2, 0.25) is 0 Å². The number of aliphatic hydroxyl groups excluding tert-OH is 1. The Morgan fingerprint density at radius 1 is 1.33 bits per heavy atom. The molecule has 1 unspecified atom stereocenters. The Bertz CT molecular complexity index is 425. The summed E-state index contributed by atoms with van der Waals surface area (Å²) >= 11 is 0. The number of aryl methyl sites for hydroxylation is 1. The third-order valence-electron chi connectivity index (χ3n) is 2.29. The van der Waals surface area contributed by atoms with E-state index in [4.69, 9.17) is 9.66 Å². The molecular weight excluding hydrogens is 216 g/mol. The largest absolute Gasteiger partial charge is 0.396 e. The van der Waals surface area contributed by atoms with E-state index in [1.807, 2.05) is 0 Å². The quantitative estimate of drug-likeness (QED) is 0.765. The van der Waals surface area contributed by atoms with Gasteiger partial charge in [-0.05, 0) is 24.5 Å². The minimum Gasteiger partial charge on any atom is -0.396 e. The lowest BCUT2D eigenvalue weighted by Gasteiger charge is -2.15. The van der Waals surface area contributed by atoms with Gasteiger partial charge in [0.05, 0.1) is 0 Å². The summed E-state index contributed by atoms with van der Waals surface area (Å²) < 4.78 is 31.3. The van der Waals surface area contributed by atoms with Crippen LogP contribution in [0.15, 0.2) is 24.3 Å². The van der Waals surface area contributed by atoms with Crippen molar-refractivity contribution < 1.29 is 18.1 Å². The average Bonchev–Trinajstić information content (AvgIpc) is 2.14. The van der Waals surface area contributed by atoms with Gasteiger partial charge in [-0.3, -0.25) is 4.55 Å². The van der Waals surface area contributed by atoms with Crippen LogP contribution < -0.4 is 0 Å². The fourth-order valence-electron chi connectivity index (χ4n) is 1.53. The van der Waals surface area contributed by atoms with Gasteiger partial charge < -0.3 is 5.11 Å². The van der Waals surface area contributed by atoms with Crippen LogP contribution in [0.2, 0.25) is 0 Å². The van der Waals surface area contributed by atoms with Crippen molar-refractivity contribution in [2.75, 3.05) is 6.61 Å². The molecule has 2 N–H and O–H groups in total. The van der Waals surface area contributed by atoms with Gasteiger partial charge in [-0.2, -0.15) is 8.42 Å². The maximum atomic E-state index is 11.1. The fourth-order valence-corrected chi connectivity index (χ4v) is 2.52. The molecule has 1 aromatic rings. The highest BCUT2D eigenvalue weighted by molar-refractivity contribution is 7.86. The monoisotopic (exact) mass is 230 g/mol. The Balaban J connectivity index is 3.16. The number of hydrogen-bond acceptors (Lipinski definition) is 3. The molecule has 1 atom stereocenters. The minimum absolute atomic E-state index is 0.00366. The molecule has 0 amide bonds. The molecule has 0 bridgehead atoms. The maximum Gasteiger partial charge on any atom is 0.272 e. The minimum atomic E-state index is -4.16. The highest BCUT2D eigenvalue weighted by Crippen LogP contribution is 2.27. The van der Waals surface area contributed by atoms with E-state index in [2.05, 4.69) is 0 Å². The molecule has 84 valence electrons. The summed E-state index contributed by atoms with van der Waals surface area (Å²) in [5.74, 6) is 0. The van der Waals surface area contributed by atoms with E-state index in [1.54, 1.807) is 31.2 Å². The molecule has 0 aliphatic carbocycles. The highest BCUT2D eigenvalue weighted by atomic mass is 32.2. The van der Waals surface area contributed by atoms with E-state index >= 15 is 0 Å². The van der Waals surface area contributed by atoms with E-state index < -0.39 is 15.4 Å². The predicted molar refractivity (Wildman–Crippen MR) is 57.2 cm³/mol. The lowest BCUT2D eigenvalue weighted by Crippen LogP contribution is -2.14. The Morgan fingerprint density at radius 3 is 2.40 bits per heavy atom. The Morgan fingerprint density at radius 2 is 1.93 bits per heavy atom. The zero-order valence-corrected chi connectivity index (χ0v) is 9.24. The summed E-state index contributed by atoms with van der Waals surface area (Å²) in [5.41, 5.74) is 1.32. The van der Waals surface area contributed by atoms with Crippen molar-refractivity contribution >= 4 is 10.1 Å². The zero-order chi connectivity index (χ0) is 11.5. The van der Waals surface area contributed by atoms with Crippen molar-refractivity contribution in [3.8, 4) is 0 Å². The van der Waals surface area contributed by atoms with Crippen LogP contribution in [0.5, 0.6) is 0 Å². The first-order valence-corrected chi connectivity index (χ1v) is 6.10. The first-order chi connectivity index (χ1) is 6.96. The van der Waals surface area contributed by atoms with Gasteiger partial charge in [0, 0.05) is 6.61 Å². The Kier molecular flexibility index (Phi) is 3.84. The molecule has 0 aromatic heterocycles. The average molecular weight is 230 g/mol. The van der Waals surface area contributed by atoms with E-state index in [9.17, 15) is 8.42 Å². The van der Waals surface area contributed by atoms with Crippen molar-refractivity contribution in [3.05, 3.63) is 35.4 Å². The van der Waals surface area contributed by atoms with Crippen LogP contribution in [0.4, 0.5) is 0 Å². The molecule has 0 aliphatic rings. The molecule has 0 heterocycles. The van der Waals surface area contributed by atoms with Crippen LogP contribution in [-0.4, -0.2) is 24.7 Å². The molecule has 1 aromatic carbocycles. The lowest BCUT2D eigenvalue weighted by atomic mass is 10.0. The highest BCUT2D eigenvalue weighted by Gasteiger charge is 2.25. The lowest BCUT2D eigenvalue weighted by molar-refractivity contribution is 0.283. The summed E-state index contributed by atoms with van der Waals surface area (Å²) in [7, 11) is -4.16. The first kappa shape index (κ1) is 12.2. The van der Waals surface area contributed by atoms with Crippen molar-refractivity contribution in [1.82, 2.24) is 0 Å². The SMILES string of the molecule is Cc1ccccc1C(CCO)S(=O)(=O)O. The summed E-state index contributed by atoms with van der Waals surface area (Å²) in [6.45, 7) is 1.49. The summed E-state index contributed by atoms with van der Waals surface area (Å²) in [4.78, 5) is 0. The number of hydrogen-bond donors (Lipinski definition) is 2. The maximum absolute atomic E-state index is 11.1. The molecular formula is C10H14O4S. The topological polar surface area (TPSA) is 74.6 Å². The summed E-state index contributed by atoms with van der Waals surface area (Å²) in [6.07, 6.45) is 0.00366. The van der Waals surface area contributed by atoms with Crippen LogP contribution in [0.1, 0.15) is 22.8 Å². The second-order valence-corrected chi connectivity index (χ2v) is 4.97. The van der Waals surface area contributed by atoms with Gasteiger partial charge in [-0.1, -0.05) is 24.3 Å². The van der Waals surface area contributed by atoms with Gasteiger partial charge in [-0.15, -0.1) is 0 Å². The van der Waals surface area contributed by atoms with Crippen LogP contribution in [-0.2, 0) is 10.1 Å². The standard InChI is InChI=1S/C10H14O4S/c1-8-4-2-3-5-9(8)10(6-7-11)15(12,13)14/h2-5,10-11H,6-7H2,1H3,(H,12,13,14). The third kappa shape index (κ3) is 3.02. The van der Waals surface area contributed by atoms with E-state index in [0.29, 0.717) is 5.56 Å². The molecule has 15 heavy (non-hydrogen) atoms. The van der Waals surface area contributed by atoms with Crippen molar-refractivity contribution in [2.24, 2.45) is 0 Å². The molecule has 0 saturated carbocycles. The van der Waals surface area contributed by atoms with Crippen LogP contribution >= 0.6 is 0 Å². The van der Waals surface area contributed by atoms with E-state index in [1.165, 1.54) is 0 Å². The molecule has 0 fully saturated rings. The van der Waals surface area contributed by atoms with Gasteiger partial charge in [0.25, 0.3) is 10.1 Å². The van der Waals surface area contributed by atoms with E-state index in [-0.39, 0.29) is 13.0 Å². The molecule has 0 radical (unpaired) electrons. The third-order valence-corrected chi connectivity index (χ3v) is 3.49. The second kappa shape index (κ2) is 4.74. The first-order valence-electron chi connectivity index (χ1n) is 4.59. The van der Waals surface area contributed by atoms with Crippen LogP contribution in [0, 0.1) is 6.92 Å². The molecule has 0 aliphatic heterocycles. The zero-order valence-electron chi connectivity index (χ0n) is 8.42. The number of rotatable bonds is 4. The van der Waals surface area contributed by atoms with Crippen molar-refractivity contribution in [3.63, 3.8) is 0 Å². The van der Waals surface area contributed by atoms with Crippen molar-refractivity contribution in [1.29, 1.82) is 0 Å². The Labute approximate surface area is 89.3 Å². The smallest absolute Gasteiger partial charge is 0.272 e. The van der Waals surface area contributed by atoms with Gasteiger partial charge in [0.15, 0.2) is 0 Å². The van der Waals surface area contributed by atoms with Crippen LogP contribution in [0.3, 0.4) is 0 Å². The molecule has 1 rings (SSSR count). The van der Waals surface area contributed by atoms with Gasteiger partial charge in [-0.25, -0.2) is 0 Å². The van der Waals surface area contributed by atoms with Crippen LogP contribution in [0.25, 0.3) is 0 Å². The van der Waals surface area contributed by atoms with Gasteiger partial charge in [0.1, 0.15) is 5.25 Å². The summed E-state index contributed by atoms with van der Waals surface area (Å²) in [5, 5.41) is 7.74. The normalized spacial score (nSPS) is 13.8.